The van der Waals surface area contributed by atoms with Crippen LogP contribution in [0.2, 0.25) is 0 Å². The lowest BCUT2D eigenvalue weighted by atomic mass is 9.87. The summed E-state index contributed by atoms with van der Waals surface area (Å²) in [6.45, 7) is 4.02. The summed E-state index contributed by atoms with van der Waals surface area (Å²) in [5.41, 5.74) is -2.20. The van der Waals surface area contributed by atoms with Gasteiger partial charge in [0.05, 0.1) is 24.8 Å². The second-order valence-corrected chi connectivity index (χ2v) is 4.13. The molecule has 0 aromatic carbocycles. The molecule has 15 heavy (non-hydrogen) atoms. The van der Waals surface area contributed by atoms with Gasteiger partial charge in [0, 0.05) is 0 Å². The van der Waals surface area contributed by atoms with Crippen molar-refractivity contribution in [1.29, 1.82) is 5.26 Å². The lowest BCUT2D eigenvalue weighted by Gasteiger charge is -2.30. The largest absolute Gasteiger partial charge is 0.394 e. The van der Waals surface area contributed by atoms with Crippen molar-refractivity contribution in [2.24, 2.45) is 5.41 Å². The van der Waals surface area contributed by atoms with Crippen molar-refractivity contribution in [3.8, 4) is 6.07 Å². The van der Waals surface area contributed by atoms with Crippen LogP contribution in [0, 0.1) is 16.7 Å². The van der Waals surface area contributed by atoms with Crippen molar-refractivity contribution in [3.63, 3.8) is 0 Å². The first-order chi connectivity index (χ1) is 6.87. The number of hydrogen-bond acceptors (Lipinski definition) is 4. The van der Waals surface area contributed by atoms with Crippen molar-refractivity contribution in [3.05, 3.63) is 0 Å². The van der Waals surface area contributed by atoms with Crippen LogP contribution in [0.25, 0.3) is 0 Å². The van der Waals surface area contributed by atoms with Gasteiger partial charge in [0.2, 0.25) is 5.91 Å². The molecule has 0 rings (SSSR count). The van der Waals surface area contributed by atoms with Gasteiger partial charge in [-0.25, -0.2) is 0 Å². The SMILES string of the molecule is CCC(C)(C#N)C(=O)NC(C)(CO)CO. The van der Waals surface area contributed by atoms with Crippen LogP contribution >= 0.6 is 0 Å². The van der Waals surface area contributed by atoms with Gasteiger partial charge < -0.3 is 15.5 Å². The van der Waals surface area contributed by atoms with Crippen molar-refractivity contribution in [1.82, 2.24) is 5.32 Å². The maximum absolute atomic E-state index is 11.7. The number of carbonyl (C=O) groups excluding carboxylic acids is 1. The fourth-order valence-electron chi connectivity index (χ4n) is 0.831. The molecule has 1 amide bonds. The molecule has 86 valence electrons. The molecule has 0 aliphatic heterocycles. The number of carbonyl (C=O) groups is 1. The van der Waals surface area contributed by atoms with Crippen molar-refractivity contribution in [2.75, 3.05) is 13.2 Å². The van der Waals surface area contributed by atoms with Crippen molar-refractivity contribution < 1.29 is 15.0 Å². The number of amides is 1. The standard InChI is InChI=1S/C10H18N2O3/c1-4-9(2,5-11)8(15)12-10(3,6-13)7-14/h13-14H,4,6-7H2,1-3H3,(H,12,15). The Balaban J connectivity index is 4.70. The molecule has 5 nitrogen and oxygen atoms in total. The van der Waals surface area contributed by atoms with E-state index in [0.717, 1.165) is 0 Å². The highest BCUT2D eigenvalue weighted by Gasteiger charge is 2.36. The molecule has 0 radical (unpaired) electrons. The molecule has 5 heteroatoms. The molecule has 0 saturated carbocycles. The molecule has 0 bridgehead atoms. The van der Waals surface area contributed by atoms with E-state index < -0.39 is 16.9 Å². The van der Waals surface area contributed by atoms with Crippen LogP contribution < -0.4 is 5.32 Å². The smallest absolute Gasteiger partial charge is 0.240 e. The minimum atomic E-state index is -1.12. The van der Waals surface area contributed by atoms with Gasteiger partial charge in [0.25, 0.3) is 0 Å². The maximum atomic E-state index is 11.7. The van der Waals surface area contributed by atoms with Gasteiger partial charge in [-0.05, 0) is 20.3 Å². The van der Waals surface area contributed by atoms with E-state index in [4.69, 9.17) is 15.5 Å². The zero-order chi connectivity index (χ0) is 12.1. The van der Waals surface area contributed by atoms with Gasteiger partial charge in [0.15, 0.2) is 0 Å². The van der Waals surface area contributed by atoms with Crippen LogP contribution in [0.5, 0.6) is 0 Å². The van der Waals surface area contributed by atoms with Gasteiger partial charge in [-0.15, -0.1) is 0 Å². The van der Waals surface area contributed by atoms with Gasteiger partial charge in [0.1, 0.15) is 5.41 Å². The summed E-state index contributed by atoms with van der Waals surface area (Å²) >= 11 is 0. The Kier molecular flexibility index (Phi) is 4.72. The summed E-state index contributed by atoms with van der Waals surface area (Å²) < 4.78 is 0. The number of nitriles is 1. The quantitative estimate of drug-likeness (QED) is 0.590. The molecular formula is C10H18N2O3. The van der Waals surface area contributed by atoms with E-state index in [0.29, 0.717) is 6.42 Å². The Hall–Kier alpha value is -1.12. The first-order valence-electron chi connectivity index (χ1n) is 4.83. The number of rotatable bonds is 5. The molecular weight excluding hydrogens is 196 g/mol. The van der Waals surface area contributed by atoms with E-state index in [1.165, 1.54) is 13.8 Å². The molecule has 0 aliphatic carbocycles. The average molecular weight is 214 g/mol. The Morgan fingerprint density at radius 3 is 2.13 bits per heavy atom. The summed E-state index contributed by atoms with van der Waals surface area (Å²) in [4.78, 5) is 11.7. The molecule has 3 N–H and O–H groups in total. The van der Waals surface area contributed by atoms with Gasteiger partial charge in [-0.1, -0.05) is 6.92 Å². The second-order valence-electron chi connectivity index (χ2n) is 4.13. The van der Waals surface area contributed by atoms with Gasteiger partial charge in [-0.3, -0.25) is 4.79 Å². The monoisotopic (exact) mass is 214 g/mol. The van der Waals surface area contributed by atoms with E-state index in [1.54, 1.807) is 6.92 Å². The number of nitrogens with zero attached hydrogens (tertiary/aromatic N) is 1. The predicted octanol–water partition coefficient (Wildman–Crippen LogP) is -0.214. The Morgan fingerprint density at radius 2 is 1.87 bits per heavy atom. The Morgan fingerprint density at radius 1 is 1.40 bits per heavy atom. The zero-order valence-corrected chi connectivity index (χ0v) is 9.37. The fourth-order valence-corrected chi connectivity index (χ4v) is 0.831. The summed E-state index contributed by atoms with van der Waals surface area (Å²) in [6, 6.07) is 1.92. The maximum Gasteiger partial charge on any atom is 0.240 e. The second kappa shape index (κ2) is 5.10. The van der Waals surface area contributed by atoms with Gasteiger partial charge >= 0.3 is 0 Å². The Bertz CT molecular complexity index is 268. The van der Waals surface area contributed by atoms with Crippen molar-refractivity contribution in [2.45, 2.75) is 32.7 Å². The molecule has 0 fully saturated rings. The summed E-state index contributed by atoms with van der Waals surface area (Å²) in [7, 11) is 0. The topological polar surface area (TPSA) is 93.4 Å². The van der Waals surface area contributed by atoms with Crippen LogP contribution in [0.15, 0.2) is 0 Å². The van der Waals surface area contributed by atoms with Crippen LogP contribution in [0.1, 0.15) is 27.2 Å². The summed E-state index contributed by atoms with van der Waals surface area (Å²) in [5.74, 6) is -0.474. The molecule has 0 aliphatic rings. The molecule has 0 spiro atoms. The lowest BCUT2D eigenvalue weighted by molar-refractivity contribution is -0.130. The third-order valence-electron chi connectivity index (χ3n) is 2.57. The number of hydrogen-bond donors (Lipinski definition) is 3. The van der Waals surface area contributed by atoms with Gasteiger partial charge in [-0.2, -0.15) is 5.26 Å². The highest BCUT2D eigenvalue weighted by atomic mass is 16.3. The van der Waals surface area contributed by atoms with E-state index in [-0.39, 0.29) is 13.2 Å². The Labute approximate surface area is 89.7 Å². The number of aliphatic hydroxyl groups excluding tert-OH is 2. The fraction of sp³-hybridized carbons (Fsp3) is 0.800. The first-order valence-corrected chi connectivity index (χ1v) is 4.83. The van der Waals surface area contributed by atoms with E-state index in [9.17, 15) is 4.79 Å². The first kappa shape index (κ1) is 13.9. The highest BCUT2D eigenvalue weighted by Crippen LogP contribution is 2.20. The van der Waals surface area contributed by atoms with Crippen LogP contribution in [-0.2, 0) is 4.79 Å². The van der Waals surface area contributed by atoms with E-state index in [1.807, 2.05) is 6.07 Å². The zero-order valence-electron chi connectivity index (χ0n) is 9.37. The third kappa shape index (κ3) is 3.18. The molecule has 1 atom stereocenters. The van der Waals surface area contributed by atoms with Crippen LogP contribution in [0.3, 0.4) is 0 Å². The number of nitrogens with one attached hydrogen (secondary N) is 1. The summed E-state index contributed by atoms with van der Waals surface area (Å²) in [5, 5.41) is 29.3. The molecule has 0 aromatic rings. The normalized spacial score (nSPS) is 15.2. The van der Waals surface area contributed by atoms with Crippen molar-refractivity contribution >= 4 is 5.91 Å². The third-order valence-corrected chi connectivity index (χ3v) is 2.57. The van der Waals surface area contributed by atoms with E-state index in [2.05, 4.69) is 5.32 Å². The molecule has 0 saturated heterocycles. The van der Waals surface area contributed by atoms with E-state index >= 15 is 0 Å². The molecule has 0 aromatic heterocycles. The van der Waals surface area contributed by atoms with Crippen LogP contribution in [0.4, 0.5) is 0 Å². The predicted molar refractivity (Wildman–Crippen MR) is 54.7 cm³/mol. The van der Waals surface area contributed by atoms with Crippen LogP contribution in [-0.4, -0.2) is 34.9 Å². The number of aliphatic hydroxyl groups is 2. The highest BCUT2D eigenvalue weighted by molar-refractivity contribution is 5.85. The average Bonchev–Trinajstić information content (AvgIpc) is 2.27. The lowest BCUT2D eigenvalue weighted by Crippen LogP contribution is -2.55. The minimum Gasteiger partial charge on any atom is -0.394 e. The minimum absolute atomic E-state index is 0.375. The molecule has 1 unspecified atom stereocenters. The molecule has 0 heterocycles. The summed E-state index contributed by atoms with van der Waals surface area (Å²) in [6.07, 6.45) is 0.377.